The Kier molecular flexibility index (Phi) is 7.77. The monoisotopic (exact) mass is 1050 g/mol. The highest BCUT2D eigenvalue weighted by Crippen LogP contribution is 2.51. The maximum atomic E-state index is 13.2. The largest absolute Gasteiger partial charge is 0.285 e. The van der Waals surface area contributed by atoms with Gasteiger partial charge in [-0.1, -0.05) is 190 Å². The molecule has 0 saturated carbocycles. The fourth-order valence-corrected chi connectivity index (χ4v) is 14.9. The van der Waals surface area contributed by atoms with Crippen LogP contribution in [-0.4, -0.2) is 32.5 Å². The van der Waals surface area contributed by atoms with E-state index in [9.17, 15) is 9.59 Å². The number of hydrogen-bond acceptors (Lipinski definition) is 3. The Morgan fingerprint density at radius 3 is 0.889 bits per heavy atom. The molecule has 0 unspecified atom stereocenters. The van der Waals surface area contributed by atoms with Crippen molar-refractivity contribution in [1.29, 1.82) is 0 Å². The van der Waals surface area contributed by atoms with E-state index in [1.54, 1.807) is 0 Å². The van der Waals surface area contributed by atoms with E-state index in [0.717, 1.165) is 50.9 Å². The van der Waals surface area contributed by atoms with E-state index in [4.69, 9.17) is 0 Å². The van der Waals surface area contributed by atoms with Crippen molar-refractivity contribution in [3.63, 3.8) is 0 Å². The number of fused-ring (bicyclic) bond motifs is 8. The number of amides is 2. The summed E-state index contributed by atoms with van der Waals surface area (Å²) in [6.07, 6.45) is 0. The molecule has 6 heteroatoms. The van der Waals surface area contributed by atoms with Crippen molar-refractivity contribution in [3.8, 4) is 0 Å². The van der Waals surface area contributed by atoms with Gasteiger partial charge in [0.2, 0.25) is 0 Å². The van der Waals surface area contributed by atoms with Crippen molar-refractivity contribution in [2.45, 2.75) is 13.1 Å². The average Bonchev–Trinajstić information content (AvgIpc) is 3.43. The van der Waals surface area contributed by atoms with Crippen LogP contribution in [0.5, 0.6) is 0 Å². The van der Waals surface area contributed by atoms with Crippen LogP contribution in [0.1, 0.15) is 31.8 Å². The van der Waals surface area contributed by atoms with Crippen LogP contribution in [0.25, 0.3) is 151 Å². The number of imide groups is 1. The highest BCUT2D eigenvalue weighted by atomic mass is 79.9. The third kappa shape index (κ3) is 4.82. The summed E-state index contributed by atoms with van der Waals surface area (Å²) >= 11 is 7.00. The van der Waals surface area contributed by atoms with Gasteiger partial charge in [-0.15, -0.1) is 0 Å². The highest BCUT2D eigenvalue weighted by Gasteiger charge is 2.34. The molecule has 72 heavy (non-hydrogen) atoms. The van der Waals surface area contributed by atoms with Crippen LogP contribution < -0.4 is 0 Å². The second-order valence-electron chi connectivity index (χ2n) is 20.2. The van der Waals surface area contributed by atoms with E-state index in [1.807, 2.05) is 12.1 Å². The van der Waals surface area contributed by atoms with Crippen LogP contribution >= 0.6 is 31.9 Å². The molecule has 0 aromatic heterocycles. The fraction of sp³-hybridized carbons (Fsp3) is 0.0606. The van der Waals surface area contributed by atoms with Crippen LogP contribution in [-0.2, 0) is 13.1 Å². The zero-order chi connectivity index (χ0) is 47.4. The van der Waals surface area contributed by atoms with Crippen molar-refractivity contribution < 1.29 is 9.59 Å². The number of carbonyl (C=O) groups excluding carboxylic acids is 2. The zero-order valence-electron chi connectivity index (χ0n) is 38.5. The Bertz CT molecular complexity index is 4850. The summed E-state index contributed by atoms with van der Waals surface area (Å²) in [5, 5.41) is 35.8. The van der Waals surface area contributed by atoms with Gasteiger partial charge in [0, 0.05) is 29.6 Å². The summed E-state index contributed by atoms with van der Waals surface area (Å²) in [6.45, 7) is 2.00. The lowest BCUT2D eigenvalue weighted by Crippen LogP contribution is -2.39. The highest BCUT2D eigenvalue weighted by molar-refractivity contribution is 9.09. The van der Waals surface area contributed by atoms with Gasteiger partial charge >= 0.3 is 0 Å². The number of nitrogens with zero attached hydrogens (tertiary/aromatic N) is 2. The molecule has 16 aromatic carbocycles. The lowest BCUT2D eigenvalue weighted by atomic mass is 9.82. The molecular formula is C66H36Br2N2O2. The molecule has 0 atom stereocenters. The molecule has 0 fully saturated rings. The lowest BCUT2D eigenvalue weighted by Gasteiger charge is -2.29. The third-order valence-corrected chi connectivity index (χ3v) is 18.2. The first kappa shape index (κ1) is 39.9. The number of rotatable bonds is 2. The Balaban J connectivity index is 0.000000120. The van der Waals surface area contributed by atoms with Gasteiger partial charge in [0.25, 0.3) is 11.8 Å². The number of carbonyl (C=O) groups is 2. The molecule has 0 saturated heterocycles. The second kappa shape index (κ2) is 14.0. The molecule has 2 amide bonds. The SMILES string of the molecule is BrCN1Cc2ccc3c4ccc5c6cccc7cccc(c8ccc(c9ccc(c2c39)C1)c4c58)c76.O=C1c2ccc3c4ccc5c6cccc7cccc(c8ccc(c9ccc(c2c39)C(=O)N1CBr)c4c58)c76. The Hall–Kier alpha value is -7.74. The van der Waals surface area contributed by atoms with E-state index in [-0.39, 0.29) is 17.3 Å². The smallest absolute Gasteiger partial charge is 0.262 e. The predicted octanol–water partition coefficient (Wildman–Crippen LogP) is 17.9. The molecule has 2 aliphatic rings. The molecule has 0 bridgehead atoms. The first-order valence-electron chi connectivity index (χ1n) is 24.6. The van der Waals surface area contributed by atoms with Gasteiger partial charge in [0.15, 0.2) is 0 Å². The molecule has 4 nitrogen and oxygen atoms in total. The molecule has 2 aliphatic heterocycles. The maximum Gasteiger partial charge on any atom is 0.262 e. The summed E-state index contributed by atoms with van der Waals surface area (Å²) < 4.78 is 0. The number of alkyl halides is 2. The predicted molar refractivity (Wildman–Crippen MR) is 310 cm³/mol. The zero-order valence-corrected chi connectivity index (χ0v) is 41.6. The van der Waals surface area contributed by atoms with Gasteiger partial charge in [-0.3, -0.25) is 19.4 Å². The topological polar surface area (TPSA) is 40.6 Å². The quantitative estimate of drug-likeness (QED) is 0.0569. The van der Waals surface area contributed by atoms with Crippen molar-refractivity contribution in [2.24, 2.45) is 0 Å². The Morgan fingerprint density at radius 2 is 0.569 bits per heavy atom. The standard InChI is InChI=1S/C33H16BrNO2.C33H20BrN/c34-15-35-32(36)25-13-11-23-21-9-7-19-17-5-1-3-16-4-2-6-18(27(16)17)20-8-10-22(29(21)28(19)20)24-12-14-26(33(35)37)31(25)30(23)24;34-17-35-15-19-7-9-23-27-13-11-25-21-5-1-3-18-4-2-6-22(30(18)21)26-12-14-28(33(27)32(25)26)24-10-8-20(16-35)29(19)31(23)24/h1-14H,15H2;1-14H,15-17H2. The van der Waals surface area contributed by atoms with Crippen molar-refractivity contribution >= 4 is 194 Å². The molecule has 0 radical (unpaired) electrons. The fourth-order valence-electron chi connectivity index (χ4n) is 14.1. The van der Waals surface area contributed by atoms with Crippen LogP contribution in [0.2, 0.25) is 0 Å². The summed E-state index contributed by atoms with van der Waals surface area (Å²) in [7, 11) is 0. The molecule has 2 heterocycles. The van der Waals surface area contributed by atoms with Gasteiger partial charge in [0.05, 0.1) is 10.9 Å². The van der Waals surface area contributed by atoms with Crippen LogP contribution in [0.3, 0.4) is 0 Å². The molecule has 18 rings (SSSR count). The van der Waals surface area contributed by atoms with Crippen LogP contribution in [0.4, 0.5) is 0 Å². The van der Waals surface area contributed by atoms with Crippen LogP contribution in [0, 0.1) is 0 Å². The Morgan fingerprint density at radius 1 is 0.292 bits per heavy atom. The van der Waals surface area contributed by atoms with Gasteiger partial charge < -0.3 is 0 Å². The van der Waals surface area contributed by atoms with Crippen molar-refractivity contribution in [2.75, 3.05) is 10.9 Å². The molecule has 0 spiro atoms. The first-order valence-corrected chi connectivity index (χ1v) is 26.9. The summed E-state index contributed by atoms with van der Waals surface area (Å²) in [5.41, 5.74) is 5.15. The van der Waals surface area contributed by atoms with Gasteiger partial charge in [-0.05, 0) is 169 Å². The van der Waals surface area contributed by atoms with E-state index in [1.165, 1.54) is 135 Å². The van der Waals surface area contributed by atoms with Gasteiger partial charge in [-0.25, -0.2) is 0 Å². The van der Waals surface area contributed by atoms with E-state index < -0.39 is 0 Å². The summed E-state index contributed by atoms with van der Waals surface area (Å²) in [6, 6.07) is 62.5. The van der Waals surface area contributed by atoms with E-state index in [2.05, 4.69) is 194 Å². The third-order valence-electron chi connectivity index (χ3n) is 17.0. The van der Waals surface area contributed by atoms with Crippen LogP contribution in [0.15, 0.2) is 170 Å². The number of halogens is 2. The molecule has 0 aliphatic carbocycles. The maximum absolute atomic E-state index is 13.2. The average molecular weight is 1050 g/mol. The minimum atomic E-state index is -0.251. The van der Waals surface area contributed by atoms with Crippen molar-refractivity contribution in [3.05, 3.63) is 192 Å². The summed E-state index contributed by atoms with van der Waals surface area (Å²) in [5.74, 6) is -0.502. The second-order valence-corrected chi connectivity index (χ2v) is 21.2. The number of benzene rings is 16. The lowest BCUT2D eigenvalue weighted by molar-refractivity contribution is 0.0643. The van der Waals surface area contributed by atoms with Gasteiger partial charge in [0.1, 0.15) is 0 Å². The summed E-state index contributed by atoms with van der Waals surface area (Å²) in [4.78, 5) is 30.2. The van der Waals surface area contributed by atoms with E-state index >= 15 is 0 Å². The molecule has 0 N–H and O–H groups in total. The van der Waals surface area contributed by atoms with Gasteiger partial charge in [-0.2, -0.15) is 0 Å². The Labute approximate surface area is 427 Å². The molecular weight excluding hydrogens is 1010 g/mol. The minimum absolute atomic E-state index is 0.178. The van der Waals surface area contributed by atoms with Crippen molar-refractivity contribution in [1.82, 2.24) is 9.80 Å². The minimum Gasteiger partial charge on any atom is -0.285 e. The first-order chi connectivity index (χ1) is 35.5. The molecule has 16 aromatic rings. The normalized spacial score (nSPS) is 14.5. The molecule has 336 valence electrons. The number of hydrogen-bond donors (Lipinski definition) is 0. The van der Waals surface area contributed by atoms with E-state index in [0.29, 0.717) is 11.1 Å².